The third kappa shape index (κ3) is 5.46. The predicted molar refractivity (Wildman–Crippen MR) is 106 cm³/mol. The van der Waals surface area contributed by atoms with Gasteiger partial charge in [-0.3, -0.25) is 20.1 Å². The van der Waals surface area contributed by atoms with E-state index in [1.807, 2.05) is 38.1 Å². The van der Waals surface area contributed by atoms with Crippen molar-refractivity contribution in [2.45, 2.75) is 33.0 Å². The van der Waals surface area contributed by atoms with E-state index in [1.165, 1.54) is 0 Å². The van der Waals surface area contributed by atoms with Crippen molar-refractivity contribution in [1.29, 1.82) is 0 Å². The van der Waals surface area contributed by atoms with E-state index in [4.69, 9.17) is 0 Å². The molecule has 2 N–H and O–H groups in total. The molecule has 0 aliphatic heterocycles. The van der Waals surface area contributed by atoms with Crippen molar-refractivity contribution in [3.05, 3.63) is 95.1 Å². The number of aryl methyl sites for hydroxylation is 2. The standard InChI is InChI=1S/C22H24N4O/c1-16-9-17(2)11-20(10-16)21(25-14-18-5-3-7-23-12-18)22(27)26-15-19-6-4-8-24-13-19/h3-13,21,25H,14-15H2,1-2H3,(H,26,27). The normalized spacial score (nSPS) is 11.8. The van der Waals surface area contributed by atoms with Gasteiger partial charge in [-0.25, -0.2) is 0 Å². The van der Waals surface area contributed by atoms with E-state index in [-0.39, 0.29) is 5.91 Å². The Morgan fingerprint density at radius 2 is 1.52 bits per heavy atom. The van der Waals surface area contributed by atoms with Crippen molar-refractivity contribution in [3.8, 4) is 0 Å². The summed E-state index contributed by atoms with van der Waals surface area (Å²) in [6.07, 6.45) is 7.03. The molecule has 2 heterocycles. The Morgan fingerprint density at radius 3 is 2.07 bits per heavy atom. The van der Waals surface area contributed by atoms with Gasteiger partial charge in [0.05, 0.1) is 0 Å². The fourth-order valence-electron chi connectivity index (χ4n) is 3.06. The highest BCUT2D eigenvalue weighted by atomic mass is 16.2. The van der Waals surface area contributed by atoms with Gasteiger partial charge in [0.25, 0.3) is 0 Å². The largest absolute Gasteiger partial charge is 0.350 e. The Bertz CT molecular complexity index is 861. The Kier molecular flexibility index (Phi) is 6.28. The highest BCUT2D eigenvalue weighted by molar-refractivity contribution is 5.83. The number of aromatic nitrogens is 2. The number of nitrogens with zero attached hydrogens (tertiary/aromatic N) is 2. The molecule has 0 aliphatic carbocycles. The van der Waals surface area contributed by atoms with Crippen LogP contribution in [-0.4, -0.2) is 15.9 Å². The molecular weight excluding hydrogens is 336 g/mol. The molecule has 0 fully saturated rings. The minimum Gasteiger partial charge on any atom is -0.350 e. The maximum atomic E-state index is 13.0. The van der Waals surface area contributed by atoms with Crippen LogP contribution in [0.15, 0.2) is 67.3 Å². The average molecular weight is 360 g/mol. The number of nitrogens with one attached hydrogen (secondary N) is 2. The topological polar surface area (TPSA) is 66.9 Å². The van der Waals surface area contributed by atoms with Gasteiger partial charge in [0, 0.05) is 37.9 Å². The molecule has 1 atom stereocenters. The SMILES string of the molecule is Cc1cc(C)cc(C(NCc2cccnc2)C(=O)NCc2cccnc2)c1. The lowest BCUT2D eigenvalue weighted by Gasteiger charge is -2.20. The molecule has 138 valence electrons. The lowest BCUT2D eigenvalue weighted by molar-refractivity contribution is -0.123. The molecule has 1 aromatic carbocycles. The van der Waals surface area contributed by atoms with Crippen LogP contribution in [0.3, 0.4) is 0 Å². The fraction of sp³-hybridized carbons (Fsp3) is 0.227. The van der Waals surface area contributed by atoms with Crippen molar-refractivity contribution in [2.75, 3.05) is 0 Å². The van der Waals surface area contributed by atoms with Crippen LogP contribution in [0.5, 0.6) is 0 Å². The number of rotatable bonds is 7. The molecule has 1 amide bonds. The van der Waals surface area contributed by atoms with Crippen LogP contribution in [0.2, 0.25) is 0 Å². The zero-order chi connectivity index (χ0) is 19.1. The molecule has 0 saturated heterocycles. The monoisotopic (exact) mass is 360 g/mol. The zero-order valence-electron chi connectivity index (χ0n) is 15.6. The van der Waals surface area contributed by atoms with Gasteiger partial charge >= 0.3 is 0 Å². The minimum absolute atomic E-state index is 0.0623. The highest BCUT2D eigenvalue weighted by Crippen LogP contribution is 2.18. The van der Waals surface area contributed by atoms with Crippen LogP contribution in [0.1, 0.15) is 33.9 Å². The molecule has 3 rings (SSSR count). The van der Waals surface area contributed by atoms with Crippen molar-refractivity contribution < 1.29 is 4.79 Å². The lowest BCUT2D eigenvalue weighted by atomic mass is 10.0. The number of carbonyl (C=O) groups is 1. The maximum absolute atomic E-state index is 13.0. The van der Waals surface area contributed by atoms with Crippen LogP contribution in [-0.2, 0) is 17.9 Å². The molecule has 0 bridgehead atoms. The van der Waals surface area contributed by atoms with E-state index in [2.05, 4.69) is 38.8 Å². The van der Waals surface area contributed by atoms with Crippen molar-refractivity contribution in [1.82, 2.24) is 20.6 Å². The first kappa shape index (κ1) is 18.7. The van der Waals surface area contributed by atoms with E-state index in [1.54, 1.807) is 24.8 Å². The van der Waals surface area contributed by atoms with Crippen LogP contribution in [0.4, 0.5) is 0 Å². The van der Waals surface area contributed by atoms with Gasteiger partial charge in [0.2, 0.25) is 5.91 Å². The molecule has 1 unspecified atom stereocenters. The fourth-order valence-corrected chi connectivity index (χ4v) is 3.06. The summed E-state index contributed by atoms with van der Waals surface area (Å²) in [7, 11) is 0. The first-order chi connectivity index (χ1) is 13.1. The van der Waals surface area contributed by atoms with Crippen molar-refractivity contribution in [2.24, 2.45) is 0 Å². The third-order valence-corrected chi connectivity index (χ3v) is 4.26. The van der Waals surface area contributed by atoms with Crippen LogP contribution in [0.25, 0.3) is 0 Å². The Balaban J connectivity index is 1.76. The van der Waals surface area contributed by atoms with E-state index in [9.17, 15) is 4.79 Å². The summed E-state index contributed by atoms with van der Waals surface area (Å²) in [5, 5.41) is 6.39. The van der Waals surface area contributed by atoms with E-state index >= 15 is 0 Å². The quantitative estimate of drug-likeness (QED) is 0.679. The summed E-state index contributed by atoms with van der Waals surface area (Å²) < 4.78 is 0. The number of carbonyl (C=O) groups excluding carboxylic acids is 1. The Hall–Kier alpha value is -3.05. The van der Waals surface area contributed by atoms with Gasteiger partial charge in [-0.05, 0) is 42.7 Å². The lowest BCUT2D eigenvalue weighted by Crippen LogP contribution is -2.37. The van der Waals surface area contributed by atoms with Gasteiger partial charge in [-0.15, -0.1) is 0 Å². The molecule has 0 spiro atoms. The number of hydrogen-bond acceptors (Lipinski definition) is 4. The first-order valence-corrected chi connectivity index (χ1v) is 8.99. The van der Waals surface area contributed by atoms with Crippen LogP contribution in [0, 0.1) is 13.8 Å². The summed E-state index contributed by atoms with van der Waals surface area (Å²) in [5.74, 6) is -0.0623. The number of pyridine rings is 2. The minimum atomic E-state index is -0.444. The molecule has 0 aliphatic rings. The van der Waals surface area contributed by atoms with E-state index < -0.39 is 6.04 Å². The summed E-state index contributed by atoms with van der Waals surface area (Å²) in [5.41, 5.74) is 5.24. The molecule has 0 saturated carbocycles. The number of benzene rings is 1. The average Bonchev–Trinajstić information content (AvgIpc) is 2.67. The van der Waals surface area contributed by atoms with Gasteiger partial charge in [-0.2, -0.15) is 0 Å². The molecule has 27 heavy (non-hydrogen) atoms. The predicted octanol–water partition coefficient (Wildman–Crippen LogP) is 3.24. The second-order valence-corrected chi connectivity index (χ2v) is 6.68. The molecule has 3 aromatic rings. The third-order valence-electron chi connectivity index (χ3n) is 4.26. The highest BCUT2D eigenvalue weighted by Gasteiger charge is 2.20. The Labute approximate surface area is 159 Å². The first-order valence-electron chi connectivity index (χ1n) is 8.99. The van der Waals surface area contributed by atoms with Crippen LogP contribution >= 0.6 is 0 Å². The summed E-state index contributed by atoms with van der Waals surface area (Å²) >= 11 is 0. The van der Waals surface area contributed by atoms with E-state index in [0.29, 0.717) is 13.1 Å². The second kappa shape index (κ2) is 9.05. The number of hydrogen-bond donors (Lipinski definition) is 2. The maximum Gasteiger partial charge on any atom is 0.242 e. The summed E-state index contributed by atoms with van der Waals surface area (Å²) in [6.45, 7) is 5.10. The van der Waals surface area contributed by atoms with Crippen molar-refractivity contribution in [3.63, 3.8) is 0 Å². The molecular formula is C22H24N4O. The molecule has 2 aromatic heterocycles. The van der Waals surface area contributed by atoms with Gasteiger partial charge < -0.3 is 5.32 Å². The summed E-state index contributed by atoms with van der Waals surface area (Å²) in [4.78, 5) is 21.2. The summed E-state index contributed by atoms with van der Waals surface area (Å²) in [6, 6.07) is 13.5. The Morgan fingerprint density at radius 1 is 0.926 bits per heavy atom. The van der Waals surface area contributed by atoms with Gasteiger partial charge in [0.1, 0.15) is 6.04 Å². The molecule has 5 heteroatoms. The van der Waals surface area contributed by atoms with E-state index in [0.717, 1.165) is 27.8 Å². The molecule has 0 radical (unpaired) electrons. The zero-order valence-corrected chi connectivity index (χ0v) is 15.6. The molecule has 5 nitrogen and oxygen atoms in total. The number of amides is 1. The second-order valence-electron chi connectivity index (χ2n) is 6.68. The van der Waals surface area contributed by atoms with Crippen LogP contribution < -0.4 is 10.6 Å². The van der Waals surface area contributed by atoms with Crippen molar-refractivity contribution >= 4 is 5.91 Å². The van der Waals surface area contributed by atoms with Gasteiger partial charge in [0.15, 0.2) is 0 Å². The smallest absolute Gasteiger partial charge is 0.242 e. The van der Waals surface area contributed by atoms with Gasteiger partial charge in [-0.1, -0.05) is 41.5 Å².